The molecule has 0 radical (unpaired) electrons. The van der Waals surface area contributed by atoms with E-state index in [1.54, 1.807) is 11.3 Å². The van der Waals surface area contributed by atoms with Gasteiger partial charge in [-0.2, -0.15) is 0 Å². The molecule has 3 rings (SSSR count). The molecule has 120 valence electrons. The molecule has 23 heavy (non-hydrogen) atoms. The van der Waals surface area contributed by atoms with Gasteiger partial charge in [0.05, 0.1) is 10.6 Å². The van der Waals surface area contributed by atoms with Gasteiger partial charge < -0.3 is 4.42 Å². The Hall–Kier alpha value is -1.91. The minimum atomic E-state index is 0.729. The van der Waals surface area contributed by atoms with Gasteiger partial charge in [-0.15, -0.1) is 11.3 Å². The summed E-state index contributed by atoms with van der Waals surface area (Å²) in [7, 11) is 2.12. The van der Waals surface area contributed by atoms with Crippen LogP contribution in [-0.4, -0.2) is 16.9 Å². The summed E-state index contributed by atoms with van der Waals surface area (Å²) < 4.78 is 5.82. The third-order valence-corrected chi connectivity index (χ3v) is 4.84. The fraction of sp³-hybridized carbons (Fsp3) is 0.316. The highest BCUT2D eigenvalue weighted by molar-refractivity contribution is 7.13. The number of rotatable bonds is 5. The van der Waals surface area contributed by atoms with E-state index in [4.69, 9.17) is 4.42 Å². The van der Waals surface area contributed by atoms with E-state index in [1.165, 1.54) is 16.7 Å². The van der Waals surface area contributed by atoms with Gasteiger partial charge in [-0.05, 0) is 50.4 Å². The van der Waals surface area contributed by atoms with Crippen LogP contribution in [0.25, 0.3) is 10.8 Å². The first kappa shape index (κ1) is 16.0. The van der Waals surface area contributed by atoms with Crippen molar-refractivity contribution in [2.24, 2.45) is 0 Å². The SMILES string of the molecule is Cc1ccc(CN(C)Cc2nc(-c3cccs3)oc2C)c(C)c1. The van der Waals surface area contributed by atoms with Crippen LogP contribution in [0.5, 0.6) is 0 Å². The molecular formula is C19H22N2OS. The highest BCUT2D eigenvalue weighted by atomic mass is 32.1. The van der Waals surface area contributed by atoms with Crippen LogP contribution in [0, 0.1) is 20.8 Å². The molecule has 0 aliphatic carbocycles. The first-order chi connectivity index (χ1) is 11.0. The number of oxazole rings is 1. The number of nitrogens with zero attached hydrogens (tertiary/aromatic N) is 2. The van der Waals surface area contributed by atoms with E-state index in [9.17, 15) is 0 Å². The van der Waals surface area contributed by atoms with E-state index >= 15 is 0 Å². The Morgan fingerprint density at radius 1 is 1.13 bits per heavy atom. The van der Waals surface area contributed by atoms with Gasteiger partial charge in [-0.3, -0.25) is 4.90 Å². The number of benzene rings is 1. The molecule has 0 unspecified atom stereocenters. The van der Waals surface area contributed by atoms with Gasteiger partial charge in [0.1, 0.15) is 5.76 Å². The van der Waals surface area contributed by atoms with Gasteiger partial charge in [0.2, 0.25) is 5.89 Å². The summed E-state index contributed by atoms with van der Waals surface area (Å²) in [5, 5.41) is 2.04. The number of hydrogen-bond acceptors (Lipinski definition) is 4. The van der Waals surface area contributed by atoms with Crippen molar-refractivity contribution in [2.75, 3.05) is 7.05 Å². The molecule has 0 fully saturated rings. The first-order valence-electron chi connectivity index (χ1n) is 7.78. The maximum Gasteiger partial charge on any atom is 0.236 e. The predicted octanol–water partition coefficient (Wildman–Crippen LogP) is 4.96. The Morgan fingerprint density at radius 2 is 1.96 bits per heavy atom. The lowest BCUT2D eigenvalue weighted by atomic mass is 10.1. The van der Waals surface area contributed by atoms with E-state index in [2.05, 4.69) is 49.0 Å². The van der Waals surface area contributed by atoms with Gasteiger partial charge in [0.15, 0.2) is 0 Å². The van der Waals surface area contributed by atoms with Crippen molar-refractivity contribution in [3.05, 3.63) is 63.9 Å². The molecule has 0 spiro atoms. The van der Waals surface area contributed by atoms with Crippen molar-refractivity contribution in [3.63, 3.8) is 0 Å². The molecule has 0 aliphatic rings. The van der Waals surface area contributed by atoms with Crippen LogP contribution in [0.15, 0.2) is 40.1 Å². The second kappa shape index (κ2) is 6.69. The Bertz CT molecular complexity index is 790. The summed E-state index contributed by atoms with van der Waals surface area (Å²) in [5.74, 6) is 1.63. The van der Waals surface area contributed by atoms with Crippen LogP contribution in [-0.2, 0) is 13.1 Å². The van der Waals surface area contributed by atoms with Gasteiger partial charge in [-0.1, -0.05) is 29.8 Å². The van der Waals surface area contributed by atoms with E-state index in [0.29, 0.717) is 0 Å². The van der Waals surface area contributed by atoms with Crippen LogP contribution >= 0.6 is 11.3 Å². The monoisotopic (exact) mass is 326 g/mol. The molecule has 0 amide bonds. The second-order valence-corrected chi connectivity index (χ2v) is 7.05. The molecule has 4 heteroatoms. The normalized spacial score (nSPS) is 11.3. The molecule has 0 aliphatic heterocycles. The van der Waals surface area contributed by atoms with Crippen LogP contribution in [0.4, 0.5) is 0 Å². The number of hydrogen-bond donors (Lipinski definition) is 0. The third-order valence-electron chi connectivity index (χ3n) is 3.98. The zero-order valence-corrected chi connectivity index (χ0v) is 14.9. The molecule has 3 nitrogen and oxygen atoms in total. The van der Waals surface area contributed by atoms with Crippen LogP contribution in [0.1, 0.15) is 28.1 Å². The number of aryl methyl sites for hydroxylation is 3. The van der Waals surface area contributed by atoms with Crippen LogP contribution in [0.2, 0.25) is 0 Å². The number of thiophene rings is 1. The Labute approximate surface area is 141 Å². The predicted molar refractivity (Wildman–Crippen MR) is 95.6 cm³/mol. The van der Waals surface area contributed by atoms with E-state index in [1.807, 2.05) is 24.4 Å². The Morgan fingerprint density at radius 3 is 2.65 bits per heavy atom. The average Bonchev–Trinajstić information content (AvgIpc) is 3.13. The zero-order chi connectivity index (χ0) is 16.4. The van der Waals surface area contributed by atoms with Crippen molar-refractivity contribution in [1.82, 2.24) is 9.88 Å². The van der Waals surface area contributed by atoms with Crippen LogP contribution in [0.3, 0.4) is 0 Å². The van der Waals surface area contributed by atoms with Crippen molar-refractivity contribution < 1.29 is 4.42 Å². The van der Waals surface area contributed by atoms with Gasteiger partial charge in [0, 0.05) is 13.1 Å². The fourth-order valence-electron chi connectivity index (χ4n) is 2.71. The molecule has 2 aromatic heterocycles. The Balaban J connectivity index is 1.71. The first-order valence-corrected chi connectivity index (χ1v) is 8.66. The summed E-state index contributed by atoms with van der Waals surface area (Å²) in [5.41, 5.74) is 5.02. The van der Waals surface area contributed by atoms with E-state index < -0.39 is 0 Å². The molecule has 0 N–H and O–H groups in total. The van der Waals surface area contributed by atoms with Crippen LogP contribution < -0.4 is 0 Å². The summed E-state index contributed by atoms with van der Waals surface area (Å²) in [6.45, 7) is 7.99. The second-order valence-electron chi connectivity index (χ2n) is 6.10. The average molecular weight is 326 g/mol. The highest BCUT2D eigenvalue weighted by Crippen LogP contribution is 2.26. The largest absolute Gasteiger partial charge is 0.440 e. The molecule has 3 aromatic rings. The topological polar surface area (TPSA) is 29.3 Å². The summed E-state index contributed by atoms with van der Waals surface area (Å²) in [6, 6.07) is 10.7. The molecule has 2 heterocycles. The quantitative estimate of drug-likeness (QED) is 0.663. The number of aromatic nitrogens is 1. The molecule has 0 bridgehead atoms. The lowest BCUT2D eigenvalue weighted by molar-refractivity contribution is 0.313. The smallest absolute Gasteiger partial charge is 0.236 e. The molecule has 0 atom stereocenters. The van der Waals surface area contributed by atoms with E-state index in [-0.39, 0.29) is 0 Å². The van der Waals surface area contributed by atoms with Gasteiger partial charge >= 0.3 is 0 Å². The fourth-order valence-corrected chi connectivity index (χ4v) is 3.35. The molecule has 0 saturated carbocycles. The summed E-state index contributed by atoms with van der Waals surface area (Å²) in [4.78, 5) is 8.03. The van der Waals surface area contributed by atoms with Gasteiger partial charge in [-0.25, -0.2) is 4.98 Å². The summed E-state index contributed by atoms with van der Waals surface area (Å²) >= 11 is 1.65. The Kier molecular flexibility index (Phi) is 4.64. The lowest BCUT2D eigenvalue weighted by Crippen LogP contribution is -2.18. The summed E-state index contributed by atoms with van der Waals surface area (Å²) in [6.07, 6.45) is 0. The highest BCUT2D eigenvalue weighted by Gasteiger charge is 2.14. The molecule has 0 saturated heterocycles. The zero-order valence-electron chi connectivity index (χ0n) is 14.1. The minimum absolute atomic E-state index is 0.729. The standard InChI is InChI=1S/C19H22N2OS/c1-13-7-8-16(14(2)10-13)11-21(4)12-17-15(3)22-19(20-17)18-6-5-9-23-18/h5-10H,11-12H2,1-4H3. The van der Waals surface area contributed by atoms with Crippen molar-refractivity contribution in [3.8, 4) is 10.8 Å². The van der Waals surface area contributed by atoms with Crippen molar-refractivity contribution in [1.29, 1.82) is 0 Å². The van der Waals surface area contributed by atoms with Crippen molar-refractivity contribution in [2.45, 2.75) is 33.9 Å². The lowest BCUT2D eigenvalue weighted by Gasteiger charge is -2.17. The third kappa shape index (κ3) is 3.71. The van der Waals surface area contributed by atoms with Crippen molar-refractivity contribution >= 4 is 11.3 Å². The van der Waals surface area contributed by atoms with Gasteiger partial charge in [0.25, 0.3) is 0 Å². The van der Waals surface area contributed by atoms with E-state index in [0.717, 1.165) is 35.3 Å². The minimum Gasteiger partial charge on any atom is -0.440 e. The maximum absolute atomic E-state index is 5.82. The molecular weight excluding hydrogens is 304 g/mol. The maximum atomic E-state index is 5.82. The molecule has 1 aromatic carbocycles.